The van der Waals surface area contributed by atoms with Crippen LogP contribution in [-0.2, 0) is 14.1 Å². The number of aromatic nitrogens is 3. The van der Waals surface area contributed by atoms with Gasteiger partial charge in [0.25, 0.3) is 5.56 Å². The van der Waals surface area contributed by atoms with E-state index in [1.807, 2.05) is 42.5 Å². The number of hydrogen-bond acceptors (Lipinski definition) is 4. The second-order valence-corrected chi connectivity index (χ2v) is 6.90. The van der Waals surface area contributed by atoms with Crippen molar-refractivity contribution in [2.45, 2.75) is 0 Å². The van der Waals surface area contributed by atoms with Crippen molar-refractivity contribution in [2.75, 3.05) is 11.1 Å². The Kier molecular flexibility index (Phi) is 4.12. The van der Waals surface area contributed by atoms with E-state index in [4.69, 9.17) is 17.3 Å². The van der Waals surface area contributed by atoms with E-state index in [-0.39, 0.29) is 5.56 Å². The summed E-state index contributed by atoms with van der Waals surface area (Å²) >= 11 is 5.98. The van der Waals surface area contributed by atoms with Gasteiger partial charge in [-0.05, 0) is 42.5 Å². The number of nitrogens with two attached hydrogens (primary N) is 1. The molecule has 0 aliphatic carbocycles. The Morgan fingerprint density at radius 1 is 1.04 bits per heavy atom. The molecule has 0 unspecified atom stereocenters. The lowest BCUT2D eigenvalue weighted by Gasteiger charge is -2.14. The molecule has 0 aliphatic heterocycles. The van der Waals surface area contributed by atoms with Gasteiger partial charge in [0.05, 0.1) is 5.39 Å². The molecular weight excluding hydrogens is 362 g/mol. The molecule has 0 atom stereocenters. The number of halogens is 1. The number of aryl methyl sites for hydroxylation is 2. The van der Waals surface area contributed by atoms with Gasteiger partial charge >= 0.3 is 0 Å². The Balaban J connectivity index is 1.93. The second kappa shape index (κ2) is 6.48. The maximum Gasteiger partial charge on any atom is 0.261 e. The monoisotopic (exact) mass is 379 g/mol. The lowest BCUT2D eigenvalue weighted by Crippen LogP contribution is -2.16. The van der Waals surface area contributed by atoms with Gasteiger partial charge in [-0.2, -0.15) is 5.10 Å². The molecule has 4 rings (SSSR count). The highest BCUT2D eigenvalue weighted by atomic mass is 35.5. The third kappa shape index (κ3) is 3.15. The van der Waals surface area contributed by atoms with Gasteiger partial charge in [0.1, 0.15) is 5.52 Å². The van der Waals surface area contributed by atoms with Crippen molar-refractivity contribution < 1.29 is 0 Å². The van der Waals surface area contributed by atoms with Crippen LogP contribution in [0.5, 0.6) is 0 Å². The fourth-order valence-electron chi connectivity index (χ4n) is 3.13. The predicted octanol–water partition coefficient (Wildman–Crippen LogP) is 3.92. The summed E-state index contributed by atoms with van der Waals surface area (Å²) in [6, 6.07) is 13.1. The zero-order valence-corrected chi connectivity index (χ0v) is 15.7. The minimum atomic E-state index is -0.0852. The van der Waals surface area contributed by atoms with Crippen LogP contribution in [0, 0.1) is 0 Å². The number of hydrogen-bond donors (Lipinski definition) is 2. The van der Waals surface area contributed by atoms with Gasteiger partial charge in [-0.15, -0.1) is 0 Å². The molecule has 2 aromatic carbocycles. The maximum atomic E-state index is 12.5. The van der Waals surface area contributed by atoms with Crippen molar-refractivity contribution in [3.63, 3.8) is 0 Å². The average molecular weight is 380 g/mol. The highest BCUT2D eigenvalue weighted by Crippen LogP contribution is 2.35. The van der Waals surface area contributed by atoms with E-state index >= 15 is 0 Å². The predicted molar refractivity (Wildman–Crippen MR) is 111 cm³/mol. The number of nitrogens with zero attached hydrogens (tertiary/aromatic N) is 3. The fraction of sp³-hybridized carbons (Fsp3) is 0.100. The van der Waals surface area contributed by atoms with Gasteiger partial charge in [0.2, 0.25) is 0 Å². The summed E-state index contributed by atoms with van der Waals surface area (Å²) in [7, 11) is 3.53. The molecule has 6 nitrogen and oxygen atoms in total. The first-order valence-electron chi connectivity index (χ1n) is 8.38. The second-order valence-electron chi connectivity index (χ2n) is 6.46. The van der Waals surface area contributed by atoms with E-state index in [0.717, 1.165) is 22.5 Å². The highest BCUT2D eigenvalue weighted by molar-refractivity contribution is 6.30. The lowest BCUT2D eigenvalue weighted by atomic mass is 10.0. The van der Waals surface area contributed by atoms with Crippen molar-refractivity contribution >= 4 is 39.6 Å². The molecule has 0 radical (unpaired) electrons. The summed E-state index contributed by atoms with van der Waals surface area (Å²) < 4.78 is 3.21. The largest absolute Gasteiger partial charge is 0.399 e. The Labute approximate surface area is 160 Å². The number of benzene rings is 2. The Morgan fingerprint density at radius 3 is 2.52 bits per heavy atom. The molecular formula is C20H18ClN5O. The standard InChI is InChI=1S/C20H18ClN5O/c1-25-10-16(19-17(20(25)27)11-26(2)24-19)15-9-13(22)5-8-18(15)23-14-6-3-12(21)4-7-14/h3-11,23H,22H2,1-2H3. The van der Waals surface area contributed by atoms with Crippen LogP contribution in [0.15, 0.2) is 59.7 Å². The SMILES string of the molecule is Cn1cc2c(=O)n(C)cc(-c3cc(N)ccc3Nc3ccc(Cl)cc3)c2n1. The van der Waals surface area contributed by atoms with Crippen molar-refractivity contribution in [1.82, 2.24) is 14.3 Å². The molecule has 27 heavy (non-hydrogen) atoms. The van der Waals surface area contributed by atoms with Gasteiger partial charge in [-0.25, -0.2) is 0 Å². The summed E-state index contributed by atoms with van der Waals surface area (Å²) in [5.74, 6) is 0. The third-order valence-corrected chi connectivity index (χ3v) is 4.67. The van der Waals surface area contributed by atoms with Gasteiger partial charge in [-0.3, -0.25) is 9.48 Å². The van der Waals surface area contributed by atoms with Crippen molar-refractivity contribution in [3.05, 3.63) is 70.2 Å². The minimum Gasteiger partial charge on any atom is -0.399 e. The Bertz CT molecular complexity index is 1210. The molecule has 3 N–H and O–H groups in total. The van der Waals surface area contributed by atoms with Gasteiger partial charge in [0, 0.05) is 59.7 Å². The van der Waals surface area contributed by atoms with Crippen LogP contribution in [0.1, 0.15) is 0 Å². The molecule has 2 aromatic heterocycles. The van der Waals surface area contributed by atoms with E-state index in [1.54, 1.807) is 35.7 Å². The van der Waals surface area contributed by atoms with Gasteiger partial charge in [0.15, 0.2) is 0 Å². The topological polar surface area (TPSA) is 77.9 Å². The van der Waals surface area contributed by atoms with Crippen LogP contribution in [0.4, 0.5) is 17.1 Å². The molecule has 4 aromatic rings. The van der Waals surface area contributed by atoms with Crippen LogP contribution >= 0.6 is 11.6 Å². The summed E-state index contributed by atoms with van der Waals surface area (Å²) in [6.07, 6.45) is 3.53. The number of fused-ring (bicyclic) bond motifs is 1. The molecule has 0 spiro atoms. The summed E-state index contributed by atoms with van der Waals surface area (Å²) in [6.45, 7) is 0. The highest BCUT2D eigenvalue weighted by Gasteiger charge is 2.16. The molecule has 2 heterocycles. The normalized spacial score (nSPS) is 11.1. The number of nitrogens with one attached hydrogen (secondary N) is 1. The fourth-order valence-corrected chi connectivity index (χ4v) is 3.25. The zero-order chi connectivity index (χ0) is 19.1. The van der Waals surface area contributed by atoms with E-state index in [0.29, 0.717) is 21.6 Å². The average Bonchev–Trinajstić information content (AvgIpc) is 3.03. The van der Waals surface area contributed by atoms with Gasteiger partial charge in [-0.1, -0.05) is 11.6 Å². The summed E-state index contributed by atoms with van der Waals surface area (Å²) in [4.78, 5) is 12.5. The molecule has 0 aliphatic rings. The first-order chi connectivity index (χ1) is 12.9. The molecule has 136 valence electrons. The van der Waals surface area contributed by atoms with Crippen LogP contribution in [0.3, 0.4) is 0 Å². The quantitative estimate of drug-likeness (QED) is 0.529. The molecule has 0 bridgehead atoms. The van der Waals surface area contributed by atoms with Crippen LogP contribution < -0.4 is 16.6 Å². The number of pyridine rings is 1. The van der Waals surface area contributed by atoms with Crippen LogP contribution in [0.25, 0.3) is 22.0 Å². The molecule has 0 saturated heterocycles. The Hall–Kier alpha value is -3.25. The van der Waals surface area contributed by atoms with E-state index in [1.165, 1.54) is 0 Å². The van der Waals surface area contributed by atoms with E-state index < -0.39 is 0 Å². The van der Waals surface area contributed by atoms with Crippen molar-refractivity contribution in [3.8, 4) is 11.1 Å². The molecule has 7 heteroatoms. The number of anilines is 3. The number of nitrogen functional groups attached to an aromatic ring is 1. The van der Waals surface area contributed by atoms with Crippen LogP contribution in [0.2, 0.25) is 5.02 Å². The van der Waals surface area contributed by atoms with Crippen molar-refractivity contribution in [1.29, 1.82) is 0 Å². The third-order valence-electron chi connectivity index (χ3n) is 4.41. The Morgan fingerprint density at radius 2 is 1.78 bits per heavy atom. The first-order valence-corrected chi connectivity index (χ1v) is 8.75. The lowest BCUT2D eigenvalue weighted by molar-refractivity contribution is 0.780. The van der Waals surface area contributed by atoms with E-state index in [2.05, 4.69) is 10.4 Å². The first kappa shape index (κ1) is 17.2. The summed E-state index contributed by atoms with van der Waals surface area (Å²) in [5.41, 5.74) is 10.7. The van der Waals surface area contributed by atoms with E-state index in [9.17, 15) is 4.79 Å². The molecule has 0 fully saturated rings. The summed E-state index contributed by atoms with van der Waals surface area (Å²) in [5, 5.41) is 9.13. The zero-order valence-electron chi connectivity index (χ0n) is 14.9. The minimum absolute atomic E-state index is 0.0852. The van der Waals surface area contributed by atoms with Crippen LogP contribution in [-0.4, -0.2) is 14.3 Å². The van der Waals surface area contributed by atoms with Crippen molar-refractivity contribution in [2.24, 2.45) is 14.1 Å². The maximum absolute atomic E-state index is 12.5. The molecule has 0 amide bonds. The number of rotatable bonds is 3. The molecule has 0 saturated carbocycles. The smallest absolute Gasteiger partial charge is 0.261 e. The van der Waals surface area contributed by atoms with Gasteiger partial charge < -0.3 is 15.6 Å².